The number of anilines is 2. The molecule has 2 aromatic heterocycles. The van der Waals surface area contributed by atoms with Crippen molar-refractivity contribution >= 4 is 17.2 Å². The van der Waals surface area contributed by atoms with Crippen LogP contribution in [0.4, 0.5) is 11.5 Å². The van der Waals surface area contributed by atoms with Gasteiger partial charge in [0.1, 0.15) is 11.6 Å². The molecule has 0 spiro atoms. The van der Waals surface area contributed by atoms with Gasteiger partial charge in [-0.15, -0.1) is 0 Å². The van der Waals surface area contributed by atoms with Crippen molar-refractivity contribution in [3.8, 4) is 17.0 Å². The molecule has 136 valence electrons. The van der Waals surface area contributed by atoms with E-state index >= 15 is 0 Å². The zero-order chi connectivity index (χ0) is 19.0. The number of benzene rings is 2. The van der Waals surface area contributed by atoms with Crippen molar-refractivity contribution in [2.75, 3.05) is 12.4 Å². The van der Waals surface area contributed by atoms with Crippen LogP contribution in [0.5, 0.6) is 5.75 Å². The Balaban J connectivity index is 1.83. The van der Waals surface area contributed by atoms with E-state index in [0.29, 0.717) is 0 Å². The van der Waals surface area contributed by atoms with Gasteiger partial charge in [0.25, 0.3) is 0 Å². The zero-order valence-corrected chi connectivity index (χ0v) is 15.9. The van der Waals surface area contributed by atoms with Gasteiger partial charge in [-0.2, -0.15) is 9.61 Å². The van der Waals surface area contributed by atoms with Gasteiger partial charge in [0.2, 0.25) is 0 Å². The third-order valence-electron chi connectivity index (χ3n) is 4.61. The molecular formula is C22H22N4O. The van der Waals surface area contributed by atoms with E-state index in [9.17, 15) is 0 Å². The summed E-state index contributed by atoms with van der Waals surface area (Å²) in [5.41, 5.74) is 7.06. The average Bonchev–Trinajstić information content (AvgIpc) is 2.99. The minimum atomic E-state index is 0.805. The van der Waals surface area contributed by atoms with E-state index in [1.807, 2.05) is 41.8 Å². The Morgan fingerprint density at radius 2 is 1.74 bits per heavy atom. The summed E-state index contributed by atoms with van der Waals surface area (Å²) in [5, 5.41) is 8.30. The van der Waals surface area contributed by atoms with E-state index < -0.39 is 0 Å². The molecule has 1 N–H and O–H groups in total. The van der Waals surface area contributed by atoms with Crippen molar-refractivity contribution in [1.29, 1.82) is 0 Å². The third kappa shape index (κ3) is 3.24. The van der Waals surface area contributed by atoms with Gasteiger partial charge in [-0.3, -0.25) is 0 Å². The normalized spacial score (nSPS) is 11.0. The Bertz CT molecular complexity index is 1110. The molecule has 0 unspecified atom stereocenters. The maximum atomic E-state index is 5.32. The van der Waals surface area contributed by atoms with Crippen molar-refractivity contribution in [3.63, 3.8) is 0 Å². The van der Waals surface area contributed by atoms with Crippen molar-refractivity contribution in [1.82, 2.24) is 14.6 Å². The van der Waals surface area contributed by atoms with Crippen molar-refractivity contribution in [2.24, 2.45) is 0 Å². The number of fused-ring (bicyclic) bond motifs is 1. The molecule has 0 aliphatic carbocycles. The summed E-state index contributed by atoms with van der Waals surface area (Å²) in [6, 6.07) is 18.3. The molecule has 27 heavy (non-hydrogen) atoms. The largest absolute Gasteiger partial charge is 0.497 e. The van der Waals surface area contributed by atoms with E-state index in [2.05, 4.69) is 43.4 Å². The molecule has 0 aliphatic rings. The molecule has 4 rings (SSSR count). The van der Waals surface area contributed by atoms with Crippen LogP contribution < -0.4 is 10.1 Å². The first-order valence-electron chi connectivity index (χ1n) is 8.90. The lowest BCUT2D eigenvalue weighted by molar-refractivity contribution is 0.415. The molecule has 0 radical (unpaired) electrons. The number of aromatic nitrogens is 3. The Labute approximate surface area is 158 Å². The predicted octanol–water partition coefficient (Wildman–Crippen LogP) is 5.07. The number of nitrogens with zero attached hydrogens (tertiary/aromatic N) is 3. The summed E-state index contributed by atoms with van der Waals surface area (Å²) >= 11 is 0. The smallest absolute Gasteiger partial charge is 0.161 e. The highest BCUT2D eigenvalue weighted by molar-refractivity contribution is 5.72. The lowest BCUT2D eigenvalue weighted by Crippen LogP contribution is -2.02. The molecule has 0 atom stereocenters. The van der Waals surface area contributed by atoms with Crippen LogP contribution in [-0.2, 0) is 0 Å². The number of ether oxygens (including phenoxy) is 1. The van der Waals surface area contributed by atoms with Gasteiger partial charge >= 0.3 is 0 Å². The standard InChI is InChI=1S/C22H22N4O/c1-14-8-10-17(11-9-14)21-16(3)22-23-15(2)12-20(26(22)25-21)24-18-6-5-7-19(13-18)27-4/h5-13,24H,1-4H3. The van der Waals surface area contributed by atoms with E-state index in [1.54, 1.807) is 7.11 Å². The van der Waals surface area contributed by atoms with Gasteiger partial charge in [0.05, 0.1) is 12.8 Å². The van der Waals surface area contributed by atoms with Gasteiger partial charge < -0.3 is 10.1 Å². The van der Waals surface area contributed by atoms with Crippen LogP contribution in [0.25, 0.3) is 16.9 Å². The number of nitrogens with one attached hydrogen (secondary N) is 1. The Hall–Kier alpha value is -3.34. The highest BCUT2D eigenvalue weighted by Crippen LogP contribution is 2.28. The summed E-state index contributed by atoms with van der Waals surface area (Å²) in [5.74, 6) is 1.67. The average molecular weight is 358 g/mol. The fourth-order valence-electron chi connectivity index (χ4n) is 3.17. The maximum absolute atomic E-state index is 5.32. The van der Waals surface area contributed by atoms with Gasteiger partial charge in [0, 0.05) is 34.6 Å². The summed E-state index contributed by atoms with van der Waals surface area (Å²) < 4.78 is 7.19. The van der Waals surface area contributed by atoms with Crippen molar-refractivity contribution < 1.29 is 4.74 Å². The number of hydrogen-bond acceptors (Lipinski definition) is 4. The number of hydrogen-bond donors (Lipinski definition) is 1. The lowest BCUT2D eigenvalue weighted by Gasteiger charge is -2.10. The molecule has 2 aromatic carbocycles. The van der Waals surface area contributed by atoms with E-state index in [0.717, 1.165) is 45.4 Å². The molecule has 0 saturated heterocycles. The minimum absolute atomic E-state index is 0.805. The SMILES string of the molecule is COc1cccc(Nc2cc(C)nc3c(C)c(-c4ccc(C)cc4)nn23)c1. The number of rotatable bonds is 4. The van der Waals surface area contributed by atoms with Crippen LogP contribution in [0.1, 0.15) is 16.8 Å². The van der Waals surface area contributed by atoms with Gasteiger partial charge in [-0.05, 0) is 32.9 Å². The molecule has 0 amide bonds. The maximum Gasteiger partial charge on any atom is 0.161 e. The Morgan fingerprint density at radius 3 is 2.48 bits per heavy atom. The number of aryl methyl sites for hydroxylation is 3. The molecule has 0 bridgehead atoms. The van der Waals surface area contributed by atoms with E-state index in [1.165, 1.54) is 5.56 Å². The Morgan fingerprint density at radius 1 is 0.963 bits per heavy atom. The summed E-state index contributed by atoms with van der Waals surface area (Å²) in [4.78, 5) is 4.71. The molecule has 0 aliphatic heterocycles. The molecule has 0 fully saturated rings. The fraction of sp³-hybridized carbons (Fsp3) is 0.182. The van der Waals surface area contributed by atoms with Crippen molar-refractivity contribution in [2.45, 2.75) is 20.8 Å². The lowest BCUT2D eigenvalue weighted by atomic mass is 10.1. The second-order valence-corrected chi connectivity index (χ2v) is 6.71. The van der Waals surface area contributed by atoms with Crippen LogP contribution >= 0.6 is 0 Å². The highest BCUT2D eigenvalue weighted by Gasteiger charge is 2.15. The van der Waals surface area contributed by atoms with Crippen LogP contribution in [0, 0.1) is 20.8 Å². The first kappa shape index (κ1) is 17.1. The quantitative estimate of drug-likeness (QED) is 0.553. The van der Waals surface area contributed by atoms with E-state index in [4.69, 9.17) is 14.8 Å². The second-order valence-electron chi connectivity index (χ2n) is 6.71. The van der Waals surface area contributed by atoms with Crippen LogP contribution in [0.3, 0.4) is 0 Å². The molecular weight excluding hydrogens is 336 g/mol. The molecule has 5 nitrogen and oxygen atoms in total. The van der Waals surface area contributed by atoms with Crippen molar-refractivity contribution in [3.05, 3.63) is 71.4 Å². The summed E-state index contributed by atoms with van der Waals surface area (Å²) in [6.07, 6.45) is 0. The minimum Gasteiger partial charge on any atom is -0.497 e. The summed E-state index contributed by atoms with van der Waals surface area (Å²) in [7, 11) is 1.67. The third-order valence-corrected chi connectivity index (χ3v) is 4.61. The molecule has 2 heterocycles. The highest BCUT2D eigenvalue weighted by atomic mass is 16.5. The topological polar surface area (TPSA) is 51.5 Å². The van der Waals surface area contributed by atoms with E-state index in [-0.39, 0.29) is 0 Å². The number of methoxy groups -OCH3 is 1. The molecule has 5 heteroatoms. The van der Waals surface area contributed by atoms with Gasteiger partial charge in [0.15, 0.2) is 5.65 Å². The first-order valence-corrected chi connectivity index (χ1v) is 8.90. The second kappa shape index (κ2) is 6.76. The van der Waals surface area contributed by atoms with Crippen LogP contribution in [0.15, 0.2) is 54.6 Å². The predicted molar refractivity (Wildman–Crippen MR) is 109 cm³/mol. The fourth-order valence-corrected chi connectivity index (χ4v) is 3.17. The Kier molecular flexibility index (Phi) is 4.28. The van der Waals surface area contributed by atoms with Gasteiger partial charge in [-0.1, -0.05) is 35.9 Å². The van der Waals surface area contributed by atoms with Crippen LogP contribution in [-0.4, -0.2) is 21.7 Å². The van der Waals surface area contributed by atoms with Gasteiger partial charge in [-0.25, -0.2) is 4.98 Å². The molecule has 0 saturated carbocycles. The molecule has 4 aromatic rings. The van der Waals surface area contributed by atoms with Crippen LogP contribution in [0.2, 0.25) is 0 Å². The monoisotopic (exact) mass is 358 g/mol. The first-order chi connectivity index (χ1) is 13.0. The summed E-state index contributed by atoms with van der Waals surface area (Å²) in [6.45, 7) is 6.15. The zero-order valence-electron chi connectivity index (χ0n) is 15.9.